The molecule has 1 N–H and O–H groups in total. The van der Waals surface area contributed by atoms with E-state index in [1.165, 1.54) is 0 Å². The average Bonchev–Trinajstić information content (AvgIpc) is 2.51. The van der Waals surface area contributed by atoms with Gasteiger partial charge in [0.25, 0.3) is 0 Å². The first-order chi connectivity index (χ1) is 9.77. The van der Waals surface area contributed by atoms with Crippen molar-refractivity contribution in [2.45, 2.75) is 25.7 Å². The number of hydrogen-bond acceptors (Lipinski definition) is 3. The van der Waals surface area contributed by atoms with Crippen LogP contribution in [0.25, 0.3) is 0 Å². The Labute approximate surface area is 119 Å². The Bertz CT molecular complexity index is 550. The number of nitrogens with zero attached hydrogens (tertiary/aromatic N) is 2. The van der Waals surface area contributed by atoms with Crippen molar-refractivity contribution in [1.29, 1.82) is 5.26 Å². The molecule has 0 radical (unpaired) electrons. The molecule has 1 aromatic rings. The van der Waals surface area contributed by atoms with Crippen LogP contribution in [0.3, 0.4) is 0 Å². The lowest BCUT2D eigenvalue weighted by Crippen LogP contribution is -2.55. The van der Waals surface area contributed by atoms with Gasteiger partial charge in [0.15, 0.2) is 0 Å². The van der Waals surface area contributed by atoms with Gasteiger partial charge in [-0.05, 0) is 44.4 Å². The van der Waals surface area contributed by atoms with Crippen LogP contribution in [0.1, 0.15) is 31.2 Å². The van der Waals surface area contributed by atoms with Gasteiger partial charge in [-0.25, -0.2) is 0 Å². The molecule has 2 aliphatic rings. The minimum atomic E-state index is -0.251. The highest BCUT2D eigenvalue weighted by Crippen LogP contribution is 2.39. The summed E-state index contributed by atoms with van der Waals surface area (Å²) in [6.45, 7) is 2.50. The topological polar surface area (TPSA) is 56.1 Å². The van der Waals surface area contributed by atoms with Crippen LogP contribution >= 0.6 is 0 Å². The van der Waals surface area contributed by atoms with E-state index in [0.29, 0.717) is 5.56 Å². The molecule has 104 valence electrons. The molecule has 1 unspecified atom stereocenters. The monoisotopic (exact) mass is 269 g/mol. The Morgan fingerprint density at radius 2 is 2.05 bits per heavy atom. The van der Waals surface area contributed by atoms with Crippen molar-refractivity contribution in [1.82, 2.24) is 5.32 Å². The largest absolute Gasteiger partial charge is 0.316 e. The van der Waals surface area contributed by atoms with Gasteiger partial charge in [0.2, 0.25) is 5.91 Å². The van der Waals surface area contributed by atoms with Crippen LogP contribution in [0.4, 0.5) is 5.69 Å². The Balaban J connectivity index is 1.94. The quantitative estimate of drug-likeness (QED) is 0.849. The van der Waals surface area contributed by atoms with E-state index in [1.54, 1.807) is 6.07 Å². The van der Waals surface area contributed by atoms with Crippen LogP contribution in [0, 0.1) is 16.7 Å². The predicted octanol–water partition coefficient (Wildman–Crippen LogP) is 2.05. The molecule has 1 spiro atoms. The minimum absolute atomic E-state index is 0.193. The molecule has 2 aliphatic heterocycles. The highest BCUT2D eigenvalue weighted by molar-refractivity contribution is 5.99. The maximum absolute atomic E-state index is 12.9. The molecule has 20 heavy (non-hydrogen) atoms. The molecule has 0 bridgehead atoms. The number of carbonyl (C=O) groups excluding carboxylic acids is 1. The molecule has 4 nitrogen and oxygen atoms in total. The van der Waals surface area contributed by atoms with E-state index in [2.05, 4.69) is 11.4 Å². The Morgan fingerprint density at radius 1 is 1.25 bits per heavy atom. The van der Waals surface area contributed by atoms with E-state index in [-0.39, 0.29) is 11.3 Å². The van der Waals surface area contributed by atoms with E-state index in [1.807, 2.05) is 23.1 Å². The van der Waals surface area contributed by atoms with Crippen LogP contribution < -0.4 is 10.2 Å². The number of amides is 1. The molecule has 1 amide bonds. The van der Waals surface area contributed by atoms with Crippen LogP contribution in [0.2, 0.25) is 0 Å². The normalized spacial score (nSPS) is 26.6. The number of hydrogen-bond donors (Lipinski definition) is 1. The summed E-state index contributed by atoms with van der Waals surface area (Å²) in [5, 5.41) is 12.6. The average molecular weight is 269 g/mol. The lowest BCUT2D eigenvalue weighted by molar-refractivity contribution is -0.131. The summed E-state index contributed by atoms with van der Waals surface area (Å²) < 4.78 is 0. The van der Waals surface area contributed by atoms with Crippen molar-refractivity contribution in [3.63, 3.8) is 0 Å². The van der Waals surface area contributed by atoms with Gasteiger partial charge in [-0.3, -0.25) is 4.79 Å². The number of anilines is 1. The molecule has 0 aromatic heterocycles. The fraction of sp³-hybridized carbons (Fsp3) is 0.500. The van der Waals surface area contributed by atoms with Crippen molar-refractivity contribution >= 4 is 11.6 Å². The number of rotatable bonds is 1. The number of nitrogens with one attached hydrogen (secondary N) is 1. The van der Waals surface area contributed by atoms with Gasteiger partial charge in [0, 0.05) is 13.1 Å². The third kappa shape index (κ3) is 2.08. The molecule has 0 aliphatic carbocycles. The minimum Gasteiger partial charge on any atom is -0.316 e. The van der Waals surface area contributed by atoms with Crippen LogP contribution in [-0.4, -0.2) is 25.5 Å². The standard InChI is InChI=1S/C16H19N3O/c17-11-13-5-1-2-6-14(13)19-10-4-8-16(15(19)20)7-3-9-18-12-16/h1-2,5-6,18H,3-4,7-10,12H2. The summed E-state index contributed by atoms with van der Waals surface area (Å²) in [5.41, 5.74) is 1.10. The van der Waals surface area contributed by atoms with Crippen LogP contribution in [-0.2, 0) is 4.79 Å². The van der Waals surface area contributed by atoms with Crippen molar-refractivity contribution in [2.24, 2.45) is 5.41 Å². The third-order valence-electron chi connectivity index (χ3n) is 4.52. The smallest absolute Gasteiger partial charge is 0.234 e. The summed E-state index contributed by atoms with van der Waals surface area (Å²) in [4.78, 5) is 14.8. The first kappa shape index (κ1) is 13.1. The molecule has 2 heterocycles. The van der Waals surface area contributed by atoms with E-state index in [0.717, 1.165) is 51.0 Å². The van der Waals surface area contributed by atoms with E-state index >= 15 is 0 Å². The third-order valence-corrected chi connectivity index (χ3v) is 4.52. The maximum atomic E-state index is 12.9. The molecule has 2 saturated heterocycles. The molecule has 3 rings (SSSR count). The summed E-state index contributed by atoms with van der Waals surface area (Å²) >= 11 is 0. The summed E-state index contributed by atoms with van der Waals surface area (Å²) in [6.07, 6.45) is 3.99. The number of piperidine rings is 2. The Kier molecular flexibility index (Phi) is 3.45. The van der Waals surface area contributed by atoms with Crippen molar-refractivity contribution in [3.8, 4) is 6.07 Å². The molecule has 0 saturated carbocycles. The van der Waals surface area contributed by atoms with Crippen molar-refractivity contribution < 1.29 is 4.79 Å². The molecular weight excluding hydrogens is 250 g/mol. The predicted molar refractivity (Wildman–Crippen MR) is 77.3 cm³/mol. The second-order valence-corrected chi connectivity index (χ2v) is 5.75. The highest BCUT2D eigenvalue weighted by atomic mass is 16.2. The first-order valence-corrected chi connectivity index (χ1v) is 7.29. The second-order valence-electron chi connectivity index (χ2n) is 5.75. The van der Waals surface area contributed by atoms with E-state index in [9.17, 15) is 10.1 Å². The van der Waals surface area contributed by atoms with Crippen LogP contribution in [0.5, 0.6) is 0 Å². The molecule has 2 fully saturated rings. The second kappa shape index (κ2) is 5.26. The van der Waals surface area contributed by atoms with Gasteiger partial charge in [-0.2, -0.15) is 5.26 Å². The molecule has 4 heteroatoms. The summed E-state index contributed by atoms with van der Waals surface area (Å²) in [5.74, 6) is 0.193. The SMILES string of the molecule is N#Cc1ccccc1N1CCCC2(CCCNC2)C1=O. The van der Waals surface area contributed by atoms with Crippen molar-refractivity contribution in [2.75, 3.05) is 24.5 Å². The fourth-order valence-electron chi connectivity index (χ4n) is 3.47. The fourth-order valence-corrected chi connectivity index (χ4v) is 3.47. The maximum Gasteiger partial charge on any atom is 0.234 e. The highest BCUT2D eigenvalue weighted by Gasteiger charge is 2.45. The van der Waals surface area contributed by atoms with Gasteiger partial charge < -0.3 is 10.2 Å². The number of carbonyl (C=O) groups is 1. The van der Waals surface area contributed by atoms with Gasteiger partial charge >= 0.3 is 0 Å². The van der Waals surface area contributed by atoms with Crippen molar-refractivity contribution in [3.05, 3.63) is 29.8 Å². The summed E-state index contributed by atoms with van der Waals surface area (Å²) in [7, 11) is 0. The number of nitriles is 1. The van der Waals surface area contributed by atoms with E-state index < -0.39 is 0 Å². The first-order valence-electron chi connectivity index (χ1n) is 7.29. The number of benzene rings is 1. The zero-order valence-electron chi connectivity index (χ0n) is 11.6. The Morgan fingerprint density at radius 3 is 2.80 bits per heavy atom. The molecule has 1 atom stereocenters. The zero-order valence-corrected chi connectivity index (χ0v) is 11.6. The van der Waals surface area contributed by atoms with Crippen LogP contribution in [0.15, 0.2) is 24.3 Å². The van der Waals surface area contributed by atoms with Gasteiger partial charge in [0.05, 0.1) is 16.7 Å². The molecule has 1 aromatic carbocycles. The van der Waals surface area contributed by atoms with Gasteiger partial charge in [0.1, 0.15) is 6.07 Å². The lowest BCUT2D eigenvalue weighted by Gasteiger charge is -2.44. The lowest BCUT2D eigenvalue weighted by atomic mass is 9.73. The molecular formula is C16H19N3O. The zero-order chi connectivity index (χ0) is 14.0. The number of para-hydroxylation sites is 1. The van der Waals surface area contributed by atoms with Gasteiger partial charge in [-0.15, -0.1) is 0 Å². The van der Waals surface area contributed by atoms with E-state index in [4.69, 9.17) is 0 Å². The Hall–Kier alpha value is -1.86. The van der Waals surface area contributed by atoms with Gasteiger partial charge in [-0.1, -0.05) is 12.1 Å². The summed E-state index contributed by atoms with van der Waals surface area (Å²) in [6, 6.07) is 9.59.